The highest BCUT2D eigenvalue weighted by Crippen LogP contribution is 2.21. The highest BCUT2D eigenvalue weighted by Gasteiger charge is 2.38. The van der Waals surface area contributed by atoms with Crippen LogP contribution in [0.15, 0.2) is 24.3 Å². The maximum atomic E-state index is 12.0. The Morgan fingerprint density at radius 1 is 1.35 bits per heavy atom. The Hall–Kier alpha value is -2.28. The zero-order valence-electron chi connectivity index (χ0n) is 10.9. The third-order valence-electron chi connectivity index (χ3n) is 3.17. The molecule has 2 atom stereocenters. The number of carboxylic acids is 1. The first-order chi connectivity index (χ1) is 9.51. The summed E-state index contributed by atoms with van der Waals surface area (Å²) in [6.45, 7) is 0.0129. The molecule has 0 bridgehead atoms. The van der Waals surface area contributed by atoms with Gasteiger partial charge in [0, 0.05) is 18.7 Å². The Labute approximate surface area is 115 Å². The van der Waals surface area contributed by atoms with Gasteiger partial charge >= 0.3 is 12.0 Å². The predicted octanol–water partition coefficient (Wildman–Crippen LogP) is 0.747. The molecule has 0 saturated carbocycles. The monoisotopic (exact) mass is 280 g/mol. The first kappa shape index (κ1) is 14.1. The molecule has 1 aromatic rings. The molecule has 7 heteroatoms. The van der Waals surface area contributed by atoms with Gasteiger partial charge in [0.05, 0.1) is 13.2 Å². The number of methoxy groups -OCH3 is 1. The van der Waals surface area contributed by atoms with Crippen LogP contribution in [0.5, 0.6) is 5.75 Å². The van der Waals surface area contributed by atoms with Crippen molar-refractivity contribution >= 4 is 17.7 Å². The third-order valence-corrected chi connectivity index (χ3v) is 3.17. The number of likely N-dealkylation sites (tertiary alicyclic amines) is 1. The number of hydrogen-bond acceptors (Lipinski definition) is 4. The van der Waals surface area contributed by atoms with Gasteiger partial charge in [0.15, 0.2) is 0 Å². The van der Waals surface area contributed by atoms with Crippen LogP contribution in [0.1, 0.15) is 6.42 Å². The molecule has 1 aromatic carbocycles. The van der Waals surface area contributed by atoms with Gasteiger partial charge in [-0.25, -0.2) is 9.59 Å². The van der Waals surface area contributed by atoms with Crippen molar-refractivity contribution in [1.82, 2.24) is 4.90 Å². The molecule has 1 aliphatic heterocycles. The molecule has 2 rings (SSSR count). The summed E-state index contributed by atoms with van der Waals surface area (Å²) in [6.07, 6.45) is -0.761. The van der Waals surface area contributed by atoms with Crippen molar-refractivity contribution in [3.05, 3.63) is 24.3 Å². The van der Waals surface area contributed by atoms with Crippen LogP contribution in [-0.2, 0) is 4.79 Å². The normalized spacial score (nSPS) is 21.6. The number of β-amino-alcohol motifs (C(OH)–C–C–N with tert-alkyl or cyclic N) is 1. The fourth-order valence-electron chi connectivity index (χ4n) is 2.14. The summed E-state index contributed by atoms with van der Waals surface area (Å²) in [5, 5.41) is 21.1. The maximum Gasteiger partial charge on any atom is 0.326 e. The van der Waals surface area contributed by atoms with Gasteiger partial charge in [0.25, 0.3) is 0 Å². The van der Waals surface area contributed by atoms with Crippen molar-refractivity contribution in [2.45, 2.75) is 18.6 Å². The van der Waals surface area contributed by atoms with Crippen LogP contribution in [0.25, 0.3) is 0 Å². The number of aliphatic carboxylic acids is 1. The van der Waals surface area contributed by atoms with E-state index >= 15 is 0 Å². The minimum Gasteiger partial charge on any atom is -0.497 e. The van der Waals surface area contributed by atoms with Crippen LogP contribution < -0.4 is 10.1 Å². The van der Waals surface area contributed by atoms with Gasteiger partial charge in [-0.3, -0.25) is 0 Å². The van der Waals surface area contributed by atoms with Crippen molar-refractivity contribution in [1.29, 1.82) is 0 Å². The summed E-state index contributed by atoms with van der Waals surface area (Å²) in [7, 11) is 1.54. The number of carbonyl (C=O) groups is 2. The largest absolute Gasteiger partial charge is 0.497 e. The van der Waals surface area contributed by atoms with E-state index in [1.54, 1.807) is 24.3 Å². The fourth-order valence-corrected chi connectivity index (χ4v) is 2.14. The van der Waals surface area contributed by atoms with Gasteiger partial charge in [-0.15, -0.1) is 0 Å². The van der Waals surface area contributed by atoms with E-state index in [1.807, 2.05) is 0 Å². The summed E-state index contributed by atoms with van der Waals surface area (Å²) >= 11 is 0. The van der Waals surface area contributed by atoms with E-state index in [4.69, 9.17) is 9.84 Å². The van der Waals surface area contributed by atoms with E-state index in [2.05, 4.69) is 5.32 Å². The van der Waals surface area contributed by atoms with Crippen LogP contribution in [0.2, 0.25) is 0 Å². The van der Waals surface area contributed by atoms with E-state index in [-0.39, 0.29) is 13.0 Å². The molecule has 1 heterocycles. The van der Waals surface area contributed by atoms with E-state index in [0.29, 0.717) is 11.4 Å². The molecular weight excluding hydrogens is 264 g/mol. The quantitative estimate of drug-likeness (QED) is 0.758. The topological polar surface area (TPSA) is 99.1 Å². The lowest BCUT2D eigenvalue weighted by molar-refractivity contribution is -0.141. The molecule has 1 saturated heterocycles. The van der Waals surface area contributed by atoms with Gasteiger partial charge in [-0.05, 0) is 24.3 Å². The molecule has 20 heavy (non-hydrogen) atoms. The molecule has 108 valence electrons. The molecule has 0 spiro atoms. The van der Waals surface area contributed by atoms with Gasteiger partial charge < -0.3 is 25.2 Å². The fraction of sp³-hybridized carbons (Fsp3) is 0.385. The highest BCUT2D eigenvalue weighted by atomic mass is 16.5. The van der Waals surface area contributed by atoms with Crippen molar-refractivity contribution < 1.29 is 24.5 Å². The summed E-state index contributed by atoms with van der Waals surface area (Å²) in [6, 6.07) is 5.13. The van der Waals surface area contributed by atoms with E-state index in [1.165, 1.54) is 7.11 Å². The number of carbonyl (C=O) groups excluding carboxylic acids is 1. The SMILES string of the molecule is COc1ccc(NC(=O)N2CC(O)CC2C(=O)O)cc1. The second kappa shape index (κ2) is 5.79. The molecule has 7 nitrogen and oxygen atoms in total. The Kier molecular flexibility index (Phi) is 4.09. The summed E-state index contributed by atoms with van der Waals surface area (Å²) in [4.78, 5) is 24.2. The molecule has 0 radical (unpaired) electrons. The number of benzene rings is 1. The van der Waals surface area contributed by atoms with Crippen LogP contribution in [0.3, 0.4) is 0 Å². The summed E-state index contributed by atoms with van der Waals surface area (Å²) in [5.41, 5.74) is 0.529. The van der Waals surface area contributed by atoms with Crippen molar-refractivity contribution in [3.63, 3.8) is 0 Å². The van der Waals surface area contributed by atoms with Gasteiger partial charge in [0.1, 0.15) is 11.8 Å². The van der Waals surface area contributed by atoms with Crippen LogP contribution in [0, 0.1) is 0 Å². The lowest BCUT2D eigenvalue weighted by Crippen LogP contribution is -2.43. The molecule has 2 unspecified atom stereocenters. The predicted molar refractivity (Wildman–Crippen MR) is 70.8 cm³/mol. The van der Waals surface area contributed by atoms with E-state index < -0.39 is 24.1 Å². The molecule has 2 amide bonds. The number of nitrogens with one attached hydrogen (secondary N) is 1. The van der Waals surface area contributed by atoms with Crippen LogP contribution >= 0.6 is 0 Å². The minimum atomic E-state index is -1.12. The van der Waals surface area contributed by atoms with Crippen LogP contribution in [-0.4, -0.2) is 52.9 Å². The highest BCUT2D eigenvalue weighted by molar-refractivity contribution is 5.92. The molecule has 0 aromatic heterocycles. The summed E-state index contributed by atoms with van der Waals surface area (Å²) < 4.78 is 5.00. The second-order valence-corrected chi connectivity index (χ2v) is 4.55. The van der Waals surface area contributed by atoms with Gasteiger partial charge in [-0.1, -0.05) is 0 Å². The zero-order chi connectivity index (χ0) is 14.7. The van der Waals surface area contributed by atoms with Gasteiger partial charge in [-0.2, -0.15) is 0 Å². The van der Waals surface area contributed by atoms with Crippen LogP contribution in [0.4, 0.5) is 10.5 Å². The Balaban J connectivity index is 2.04. The number of urea groups is 1. The Morgan fingerprint density at radius 2 is 2.00 bits per heavy atom. The number of rotatable bonds is 3. The average molecular weight is 280 g/mol. The minimum absolute atomic E-state index is 0.0129. The second-order valence-electron chi connectivity index (χ2n) is 4.55. The number of nitrogens with zero attached hydrogens (tertiary/aromatic N) is 1. The third kappa shape index (κ3) is 3.00. The number of hydrogen-bond donors (Lipinski definition) is 3. The lowest BCUT2D eigenvalue weighted by atomic mass is 10.2. The number of aliphatic hydroxyl groups excluding tert-OH is 1. The van der Waals surface area contributed by atoms with E-state index in [0.717, 1.165) is 4.90 Å². The molecule has 1 aliphatic rings. The zero-order valence-corrected chi connectivity index (χ0v) is 10.9. The van der Waals surface area contributed by atoms with Crippen molar-refractivity contribution in [2.24, 2.45) is 0 Å². The first-order valence-corrected chi connectivity index (χ1v) is 6.14. The van der Waals surface area contributed by atoms with Gasteiger partial charge in [0.2, 0.25) is 0 Å². The van der Waals surface area contributed by atoms with E-state index in [9.17, 15) is 14.7 Å². The average Bonchev–Trinajstić information content (AvgIpc) is 2.82. The first-order valence-electron chi connectivity index (χ1n) is 6.14. The number of anilines is 1. The molecule has 1 fully saturated rings. The number of ether oxygens (including phenoxy) is 1. The maximum absolute atomic E-state index is 12.0. The molecular formula is C13H16N2O5. The lowest BCUT2D eigenvalue weighted by Gasteiger charge is -2.21. The standard InChI is InChI=1S/C13H16N2O5/c1-20-10-4-2-8(3-5-10)14-13(19)15-7-9(16)6-11(15)12(17)18/h2-5,9,11,16H,6-7H2,1H3,(H,14,19)(H,17,18). The van der Waals surface area contributed by atoms with Crippen molar-refractivity contribution in [3.8, 4) is 5.75 Å². The summed E-state index contributed by atoms with van der Waals surface area (Å²) in [5.74, 6) is -0.463. The Morgan fingerprint density at radius 3 is 2.55 bits per heavy atom. The molecule has 3 N–H and O–H groups in total. The number of carboxylic acid groups (broad SMARTS) is 1. The Bertz CT molecular complexity index is 502. The van der Waals surface area contributed by atoms with Crippen molar-refractivity contribution in [2.75, 3.05) is 19.0 Å². The molecule has 0 aliphatic carbocycles. The number of aliphatic hydroxyl groups is 1. The smallest absolute Gasteiger partial charge is 0.326 e. The number of amides is 2.